The van der Waals surface area contributed by atoms with Crippen molar-refractivity contribution in [1.29, 1.82) is 0 Å². The minimum absolute atomic E-state index is 0.0693. The van der Waals surface area contributed by atoms with Gasteiger partial charge in [0.05, 0.1) is 5.56 Å². The van der Waals surface area contributed by atoms with Crippen molar-refractivity contribution < 1.29 is 9.53 Å². The maximum atomic E-state index is 11.9. The number of hydrogen-bond acceptors (Lipinski definition) is 3. The van der Waals surface area contributed by atoms with Crippen LogP contribution in [0.3, 0.4) is 0 Å². The molecule has 0 spiro atoms. The molecule has 1 saturated carbocycles. The first-order chi connectivity index (χ1) is 8.16. The van der Waals surface area contributed by atoms with E-state index in [-0.39, 0.29) is 12.1 Å². The van der Waals surface area contributed by atoms with Crippen molar-refractivity contribution in [1.82, 2.24) is 4.98 Å². The van der Waals surface area contributed by atoms with Gasteiger partial charge in [0, 0.05) is 6.20 Å². The van der Waals surface area contributed by atoms with Gasteiger partial charge in [0.1, 0.15) is 10.7 Å². The van der Waals surface area contributed by atoms with Crippen molar-refractivity contribution in [2.45, 2.75) is 38.7 Å². The normalized spacial score (nSPS) is 24.4. The van der Waals surface area contributed by atoms with Crippen LogP contribution in [0.1, 0.15) is 43.0 Å². The van der Waals surface area contributed by atoms with Crippen LogP contribution >= 0.6 is 15.9 Å². The molecule has 0 bridgehead atoms. The maximum absolute atomic E-state index is 11.9. The molecule has 0 aromatic carbocycles. The second kappa shape index (κ2) is 5.63. The van der Waals surface area contributed by atoms with Gasteiger partial charge < -0.3 is 4.74 Å². The number of halogens is 1. The van der Waals surface area contributed by atoms with Gasteiger partial charge in [-0.25, -0.2) is 9.78 Å². The molecular weight excluding hydrogens is 282 g/mol. The number of aromatic nitrogens is 1. The Bertz CT molecular complexity index is 391. The van der Waals surface area contributed by atoms with Gasteiger partial charge in [-0.05, 0) is 53.2 Å². The molecule has 0 aliphatic heterocycles. The van der Waals surface area contributed by atoms with E-state index in [0.29, 0.717) is 11.5 Å². The van der Waals surface area contributed by atoms with Gasteiger partial charge in [-0.3, -0.25) is 0 Å². The molecule has 92 valence electrons. The van der Waals surface area contributed by atoms with Crippen molar-refractivity contribution in [3.05, 3.63) is 28.5 Å². The van der Waals surface area contributed by atoms with E-state index in [0.717, 1.165) is 23.9 Å². The smallest absolute Gasteiger partial charge is 0.339 e. The summed E-state index contributed by atoms with van der Waals surface area (Å²) in [5.41, 5.74) is 0.519. The molecule has 1 aliphatic rings. The van der Waals surface area contributed by atoms with Gasteiger partial charge in [0.15, 0.2) is 0 Å². The fourth-order valence-electron chi connectivity index (χ4n) is 2.16. The number of carbonyl (C=O) groups is 1. The Morgan fingerprint density at radius 1 is 1.41 bits per heavy atom. The van der Waals surface area contributed by atoms with Crippen LogP contribution in [0.5, 0.6) is 0 Å². The molecule has 17 heavy (non-hydrogen) atoms. The van der Waals surface area contributed by atoms with Crippen molar-refractivity contribution >= 4 is 21.9 Å². The lowest BCUT2D eigenvalue weighted by atomic mass is 9.88. The number of pyridine rings is 1. The molecule has 1 aromatic heterocycles. The van der Waals surface area contributed by atoms with E-state index >= 15 is 0 Å². The Hall–Kier alpha value is -0.900. The average Bonchev–Trinajstić information content (AvgIpc) is 2.33. The third-order valence-electron chi connectivity index (χ3n) is 3.25. The molecule has 0 saturated heterocycles. The summed E-state index contributed by atoms with van der Waals surface area (Å²) < 4.78 is 6.26. The van der Waals surface area contributed by atoms with Crippen LogP contribution in [0.25, 0.3) is 0 Å². The number of ether oxygens (including phenoxy) is 1. The topological polar surface area (TPSA) is 39.2 Å². The Kier molecular flexibility index (Phi) is 4.15. The highest BCUT2D eigenvalue weighted by Gasteiger charge is 2.25. The van der Waals surface area contributed by atoms with Crippen molar-refractivity contribution in [3.63, 3.8) is 0 Å². The van der Waals surface area contributed by atoms with E-state index in [1.807, 2.05) is 0 Å². The minimum atomic E-state index is -0.260. The number of carbonyl (C=O) groups excluding carboxylic acids is 1. The SMILES string of the molecule is CC1CCCCC1OC(=O)c1ccc(Br)nc1. The highest BCUT2D eigenvalue weighted by atomic mass is 79.9. The van der Waals surface area contributed by atoms with Gasteiger partial charge in [-0.15, -0.1) is 0 Å². The molecule has 0 amide bonds. The molecule has 3 nitrogen and oxygen atoms in total. The van der Waals surface area contributed by atoms with Crippen LogP contribution in [0, 0.1) is 5.92 Å². The Balaban J connectivity index is 1.98. The summed E-state index contributed by atoms with van der Waals surface area (Å²) >= 11 is 3.24. The lowest BCUT2D eigenvalue weighted by Gasteiger charge is -2.28. The van der Waals surface area contributed by atoms with Gasteiger partial charge in [-0.2, -0.15) is 0 Å². The highest BCUT2D eigenvalue weighted by molar-refractivity contribution is 9.10. The van der Waals surface area contributed by atoms with Gasteiger partial charge in [0.2, 0.25) is 0 Å². The third kappa shape index (κ3) is 3.28. The molecule has 4 heteroatoms. The number of rotatable bonds is 2. The molecule has 0 radical (unpaired) electrons. The molecule has 1 fully saturated rings. The Labute approximate surface area is 110 Å². The maximum Gasteiger partial charge on any atom is 0.339 e. The zero-order valence-electron chi connectivity index (χ0n) is 9.86. The summed E-state index contributed by atoms with van der Waals surface area (Å²) in [6.45, 7) is 2.15. The monoisotopic (exact) mass is 297 g/mol. The Morgan fingerprint density at radius 2 is 2.18 bits per heavy atom. The fourth-order valence-corrected chi connectivity index (χ4v) is 2.39. The summed E-state index contributed by atoms with van der Waals surface area (Å²) in [5.74, 6) is 0.208. The van der Waals surface area contributed by atoms with E-state index in [2.05, 4.69) is 27.8 Å². The van der Waals surface area contributed by atoms with Crippen LogP contribution in [-0.4, -0.2) is 17.1 Å². The first kappa shape index (κ1) is 12.6. The van der Waals surface area contributed by atoms with Crippen LogP contribution < -0.4 is 0 Å². The van der Waals surface area contributed by atoms with E-state index in [1.54, 1.807) is 18.3 Å². The molecule has 0 N–H and O–H groups in total. The molecule has 1 aliphatic carbocycles. The van der Waals surface area contributed by atoms with Crippen LogP contribution in [0.15, 0.2) is 22.9 Å². The number of nitrogens with zero attached hydrogens (tertiary/aromatic N) is 1. The van der Waals surface area contributed by atoms with Gasteiger partial charge in [0.25, 0.3) is 0 Å². The van der Waals surface area contributed by atoms with E-state index in [4.69, 9.17) is 4.74 Å². The summed E-state index contributed by atoms with van der Waals surface area (Å²) in [6, 6.07) is 3.48. The first-order valence-electron chi connectivity index (χ1n) is 5.99. The number of esters is 1. The first-order valence-corrected chi connectivity index (χ1v) is 6.78. The lowest BCUT2D eigenvalue weighted by molar-refractivity contribution is 0.00477. The average molecular weight is 298 g/mol. The largest absolute Gasteiger partial charge is 0.458 e. The van der Waals surface area contributed by atoms with Crippen LogP contribution in [0.2, 0.25) is 0 Å². The summed E-state index contributed by atoms with van der Waals surface area (Å²) in [7, 11) is 0. The molecule has 1 heterocycles. The van der Waals surface area contributed by atoms with E-state index in [9.17, 15) is 4.79 Å². The van der Waals surface area contributed by atoms with E-state index in [1.165, 1.54) is 6.42 Å². The molecular formula is C13H16BrNO2. The fraction of sp³-hybridized carbons (Fsp3) is 0.538. The number of hydrogen-bond donors (Lipinski definition) is 0. The highest BCUT2D eigenvalue weighted by Crippen LogP contribution is 2.27. The predicted octanol–water partition coefficient (Wildman–Crippen LogP) is 3.58. The zero-order valence-corrected chi connectivity index (χ0v) is 11.4. The summed E-state index contributed by atoms with van der Waals surface area (Å²) in [5, 5.41) is 0. The second-order valence-corrected chi connectivity index (χ2v) is 5.39. The van der Waals surface area contributed by atoms with Gasteiger partial charge >= 0.3 is 5.97 Å². The van der Waals surface area contributed by atoms with Crippen LogP contribution in [-0.2, 0) is 4.74 Å². The van der Waals surface area contributed by atoms with Crippen LogP contribution in [0.4, 0.5) is 0 Å². The molecule has 2 rings (SSSR count). The summed E-state index contributed by atoms with van der Waals surface area (Å²) in [6.07, 6.45) is 6.14. The molecule has 2 atom stereocenters. The van der Waals surface area contributed by atoms with E-state index < -0.39 is 0 Å². The van der Waals surface area contributed by atoms with Crippen molar-refractivity contribution in [2.24, 2.45) is 5.92 Å². The molecule has 2 unspecified atom stereocenters. The quantitative estimate of drug-likeness (QED) is 0.619. The second-order valence-electron chi connectivity index (χ2n) is 4.58. The van der Waals surface area contributed by atoms with Gasteiger partial charge in [-0.1, -0.05) is 13.3 Å². The third-order valence-corrected chi connectivity index (χ3v) is 3.72. The van der Waals surface area contributed by atoms with Crippen molar-refractivity contribution in [2.75, 3.05) is 0 Å². The molecule has 1 aromatic rings. The zero-order chi connectivity index (χ0) is 12.3. The standard InChI is InChI=1S/C13H16BrNO2/c1-9-4-2-3-5-11(9)17-13(16)10-6-7-12(14)15-8-10/h6-9,11H,2-5H2,1H3. The predicted molar refractivity (Wildman–Crippen MR) is 68.8 cm³/mol. The lowest BCUT2D eigenvalue weighted by Crippen LogP contribution is -2.28. The minimum Gasteiger partial charge on any atom is -0.458 e. The summed E-state index contributed by atoms with van der Waals surface area (Å²) in [4.78, 5) is 15.9. The van der Waals surface area contributed by atoms with Crippen molar-refractivity contribution in [3.8, 4) is 0 Å². The Morgan fingerprint density at radius 3 is 2.82 bits per heavy atom.